The van der Waals surface area contributed by atoms with Gasteiger partial charge < -0.3 is 24.1 Å². The van der Waals surface area contributed by atoms with E-state index < -0.39 is 5.79 Å². The maximum atomic E-state index is 6.30. The average molecular weight is 393 g/mol. The van der Waals surface area contributed by atoms with Crippen LogP contribution in [0.25, 0.3) is 11.0 Å². The van der Waals surface area contributed by atoms with E-state index in [1.54, 1.807) is 0 Å². The molecular formula is C19H25ClN4O3. The molecule has 0 amide bonds. The fourth-order valence-corrected chi connectivity index (χ4v) is 4.29. The number of anilines is 1. The summed E-state index contributed by atoms with van der Waals surface area (Å²) in [5.41, 5.74) is 0.752. The van der Waals surface area contributed by atoms with Gasteiger partial charge >= 0.3 is 0 Å². The number of hydrogen-bond acceptors (Lipinski definition) is 6. The number of ether oxygens (including phenoxy) is 3. The van der Waals surface area contributed by atoms with E-state index >= 15 is 0 Å². The van der Waals surface area contributed by atoms with Gasteiger partial charge in [-0.1, -0.05) is 6.92 Å². The SMILES string of the molecule is CC[C@H]1O[C@@H](n2ccc3c(NCC4CC4)nc(Cl)nc32)[C@@H]2OC(C)(C)O[C@@H]21. The second kappa shape index (κ2) is 6.30. The fourth-order valence-electron chi connectivity index (χ4n) is 4.12. The van der Waals surface area contributed by atoms with Gasteiger partial charge in [-0.05, 0) is 56.7 Å². The predicted molar refractivity (Wildman–Crippen MR) is 102 cm³/mol. The van der Waals surface area contributed by atoms with Crippen molar-refractivity contribution in [3.63, 3.8) is 0 Å². The highest BCUT2D eigenvalue weighted by Crippen LogP contribution is 2.45. The van der Waals surface area contributed by atoms with Gasteiger partial charge in [0, 0.05) is 12.7 Å². The van der Waals surface area contributed by atoms with E-state index in [1.165, 1.54) is 12.8 Å². The van der Waals surface area contributed by atoms with Gasteiger partial charge in [0.05, 0.1) is 11.5 Å². The van der Waals surface area contributed by atoms with Gasteiger partial charge in [0.1, 0.15) is 23.7 Å². The monoisotopic (exact) mass is 392 g/mol. The Morgan fingerprint density at radius 1 is 1.26 bits per heavy atom. The Labute approximate surface area is 163 Å². The Morgan fingerprint density at radius 3 is 2.78 bits per heavy atom. The Hall–Kier alpha value is -1.41. The van der Waals surface area contributed by atoms with Crippen molar-refractivity contribution in [2.45, 2.75) is 70.4 Å². The summed E-state index contributed by atoms with van der Waals surface area (Å²) in [7, 11) is 0. The fraction of sp³-hybridized carbons (Fsp3) is 0.684. The third-order valence-corrected chi connectivity index (χ3v) is 5.77. The second-order valence-corrected chi connectivity index (χ2v) is 8.50. The summed E-state index contributed by atoms with van der Waals surface area (Å²) < 4.78 is 20.6. The highest BCUT2D eigenvalue weighted by molar-refractivity contribution is 6.28. The lowest BCUT2D eigenvalue weighted by atomic mass is 10.1. The van der Waals surface area contributed by atoms with E-state index in [0.717, 1.165) is 35.7 Å². The highest BCUT2D eigenvalue weighted by atomic mass is 35.5. The number of hydrogen-bond donors (Lipinski definition) is 1. The summed E-state index contributed by atoms with van der Waals surface area (Å²) in [4.78, 5) is 8.88. The topological polar surface area (TPSA) is 70.4 Å². The van der Waals surface area contributed by atoms with Crippen molar-refractivity contribution in [1.29, 1.82) is 0 Å². The molecule has 7 nitrogen and oxygen atoms in total. The quantitative estimate of drug-likeness (QED) is 0.782. The summed E-state index contributed by atoms with van der Waals surface area (Å²) in [5.74, 6) is 0.907. The number of rotatable bonds is 5. The molecule has 2 aliphatic heterocycles. The summed E-state index contributed by atoms with van der Waals surface area (Å²) in [6.07, 6.45) is 4.81. The summed E-state index contributed by atoms with van der Waals surface area (Å²) in [6.45, 7) is 6.91. The second-order valence-electron chi connectivity index (χ2n) is 8.16. The molecule has 1 saturated carbocycles. The van der Waals surface area contributed by atoms with Crippen molar-refractivity contribution in [1.82, 2.24) is 14.5 Å². The first-order chi connectivity index (χ1) is 12.9. The lowest BCUT2D eigenvalue weighted by Crippen LogP contribution is -2.28. The Balaban J connectivity index is 1.51. The predicted octanol–water partition coefficient (Wildman–Crippen LogP) is 3.73. The lowest BCUT2D eigenvalue weighted by Gasteiger charge is -2.24. The molecule has 0 bridgehead atoms. The number of aromatic nitrogens is 3. The first-order valence-corrected chi connectivity index (χ1v) is 10.1. The van der Waals surface area contributed by atoms with Crippen LogP contribution in [0.1, 0.15) is 46.3 Å². The van der Waals surface area contributed by atoms with Gasteiger partial charge in [-0.25, -0.2) is 4.98 Å². The Kier molecular flexibility index (Phi) is 4.13. The molecule has 4 atom stereocenters. The van der Waals surface area contributed by atoms with Crippen LogP contribution in [0.4, 0.5) is 5.82 Å². The summed E-state index contributed by atoms with van der Waals surface area (Å²) in [5, 5.41) is 4.60. The van der Waals surface area contributed by atoms with Crippen LogP contribution in [0.15, 0.2) is 12.3 Å². The van der Waals surface area contributed by atoms with Gasteiger partial charge in [0.15, 0.2) is 12.0 Å². The molecule has 0 spiro atoms. The van der Waals surface area contributed by atoms with Gasteiger partial charge in [-0.15, -0.1) is 0 Å². The first kappa shape index (κ1) is 17.7. The molecule has 1 N–H and O–H groups in total. The number of nitrogens with one attached hydrogen (secondary N) is 1. The van der Waals surface area contributed by atoms with Gasteiger partial charge in [-0.3, -0.25) is 0 Å². The minimum Gasteiger partial charge on any atom is -0.369 e. The van der Waals surface area contributed by atoms with Crippen LogP contribution in [-0.4, -0.2) is 45.2 Å². The van der Waals surface area contributed by atoms with E-state index in [0.29, 0.717) is 0 Å². The summed E-state index contributed by atoms with van der Waals surface area (Å²) >= 11 is 6.23. The molecule has 2 saturated heterocycles. The molecule has 146 valence electrons. The Bertz CT molecular complexity index is 866. The van der Waals surface area contributed by atoms with Gasteiger partial charge in [-0.2, -0.15) is 4.98 Å². The Morgan fingerprint density at radius 2 is 2.04 bits per heavy atom. The van der Waals surface area contributed by atoms with Crippen LogP contribution in [0.2, 0.25) is 5.28 Å². The highest BCUT2D eigenvalue weighted by Gasteiger charge is 2.55. The molecule has 4 heterocycles. The third kappa shape index (κ3) is 3.10. The number of nitrogens with zero attached hydrogens (tertiary/aromatic N) is 3. The van der Waals surface area contributed by atoms with Crippen LogP contribution < -0.4 is 5.32 Å². The largest absolute Gasteiger partial charge is 0.369 e. The van der Waals surface area contributed by atoms with Gasteiger partial charge in [0.25, 0.3) is 0 Å². The third-order valence-electron chi connectivity index (χ3n) is 5.60. The van der Waals surface area contributed by atoms with Gasteiger partial charge in [0.2, 0.25) is 5.28 Å². The molecule has 0 unspecified atom stereocenters. The zero-order valence-corrected chi connectivity index (χ0v) is 16.6. The molecule has 1 aliphatic carbocycles. The normalized spacial score (nSPS) is 32.1. The lowest BCUT2D eigenvalue weighted by molar-refractivity contribution is -0.196. The van der Waals surface area contributed by atoms with E-state index in [4.69, 9.17) is 25.8 Å². The van der Waals surface area contributed by atoms with Crippen molar-refractivity contribution in [2.24, 2.45) is 5.92 Å². The summed E-state index contributed by atoms with van der Waals surface area (Å²) in [6, 6.07) is 2.01. The number of halogens is 1. The van der Waals surface area contributed by atoms with E-state index in [2.05, 4.69) is 22.2 Å². The van der Waals surface area contributed by atoms with Crippen molar-refractivity contribution >= 4 is 28.5 Å². The molecule has 0 aromatic carbocycles. The molecule has 8 heteroatoms. The molecule has 2 aromatic rings. The molecule has 3 aliphatic rings. The van der Waals surface area contributed by atoms with Crippen molar-refractivity contribution in [3.8, 4) is 0 Å². The minimum absolute atomic E-state index is 0.0102. The molecule has 5 rings (SSSR count). The van der Waals surface area contributed by atoms with Crippen LogP contribution in [0.3, 0.4) is 0 Å². The first-order valence-electron chi connectivity index (χ1n) is 9.74. The van der Waals surface area contributed by atoms with Crippen LogP contribution in [-0.2, 0) is 14.2 Å². The van der Waals surface area contributed by atoms with Crippen LogP contribution in [0, 0.1) is 5.92 Å². The van der Waals surface area contributed by atoms with Crippen LogP contribution in [0.5, 0.6) is 0 Å². The zero-order chi connectivity index (χ0) is 18.8. The molecule has 3 fully saturated rings. The smallest absolute Gasteiger partial charge is 0.226 e. The van der Waals surface area contributed by atoms with Crippen molar-refractivity contribution < 1.29 is 14.2 Å². The minimum atomic E-state index is -0.614. The van der Waals surface area contributed by atoms with E-state index in [-0.39, 0.29) is 29.8 Å². The standard InChI is InChI=1S/C19H25ClN4O3/c1-4-12-13-14(27-19(2,3)26-13)17(25-12)24-8-7-11-15(21-9-10-5-6-10)22-18(20)23-16(11)24/h7-8,10,12-14,17H,4-6,9H2,1-3H3,(H,21,22,23)/t12-,13-,14-,17-/m1/s1. The van der Waals surface area contributed by atoms with E-state index in [9.17, 15) is 0 Å². The molecule has 27 heavy (non-hydrogen) atoms. The molecule has 0 radical (unpaired) electrons. The van der Waals surface area contributed by atoms with Crippen LogP contribution >= 0.6 is 11.6 Å². The maximum Gasteiger partial charge on any atom is 0.226 e. The average Bonchev–Trinajstić information content (AvgIpc) is 3.15. The van der Waals surface area contributed by atoms with E-state index in [1.807, 2.05) is 30.7 Å². The molecule has 2 aromatic heterocycles. The maximum absolute atomic E-state index is 6.30. The number of fused-ring (bicyclic) bond motifs is 2. The van der Waals surface area contributed by atoms with Crippen molar-refractivity contribution in [3.05, 3.63) is 17.5 Å². The zero-order valence-electron chi connectivity index (χ0n) is 15.8. The van der Waals surface area contributed by atoms with Crippen molar-refractivity contribution in [2.75, 3.05) is 11.9 Å². The molecular weight excluding hydrogens is 368 g/mol.